The van der Waals surface area contributed by atoms with E-state index < -0.39 is 0 Å². The fourth-order valence-corrected chi connectivity index (χ4v) is 1.94. The van der Waals surface area contributed by atoms with Crippen molar-refractivity contribution in [3.05, 3.63) is 40.1 Å². The van der Waals surface area contributed by atoms with Crippen molar-refractivity contribution >= 4 is 27.5 Å². The second-order valence-electron chi connectivity index (χ2n) is 3.51. The normalized spacial score (nSPS) is 10.3. The Morgan fingerprint density at radius 2 is 2.39 bits per heavy atom. The Morgan fingerprint density at radius 3 is 3.06 bits per heavy atom. The zero-order valence-electron chi connectivity index (χ0n) is 9.61. The summed E-state index contributed by atoms with van der Waals surface area (Å²) in [5.74, 6) is -0.320. The molecule has 0 saturated heterocycles. The van der Waals surface area contributed by atoms with Crippen LogP contribution in [0.3, 0.4) is 0 Å². The third kappa shape index (κ3) is 2.74. The molecule has 0 aliphatic carbocycles. The topological polar surface area (TPSA) is 79.9 Å². The Kier molecular flexibility index (Phi) is 4.06. The molecule has 2 aromatic rings. The number of hydrogen-bond acceptors (Lipinski definition) is 4. The van der Waals surface area contributed by atoms with Crippen molar-refractivity contribution in [2.45, 2.75) is 6.61 Å². The van der Waals surface area contributed by atoms with Gasteiger partial charge < -0.3 is 10.1 Å². The number of nitrogens with one attached hydrogen (secondary N) is 2. The number of amides is 1. The molecule has 94 valence electrons. The molecule has 1 amide bonds. The molecule has 7 heteroatoms. The van der Waals surface area contributed by atoms with Gasteiger partial charge in [0.25, 0.3) is 5.91 Å². The highest BCUT2D eigenvalue weighted by Crippen LogP contribution is 2.25. The molecular weight excluding hydrogens is 300 g/mol. The lowest BCUT2D eigenvalue weighted by Crippen LogP contribution is -2.14. The largest absolute Gasteiger partial charge is 0.380 e. The highest BCUT2D eigenvalue weighted by molar-refractivity contribution is 9.10. The molecule has 2 N–H and O–H groups in total. The Balaban J connectivity index is 2.23. The van der Waals surface area contributed by atoms with Gasteiger partial charge in [-0.25, -0.2) is 0 Å². The van der Waals surface area contributed by atoms with Gasteiger partial charge in [0.1, 0.15) is 0 Å². The monoisotopic (exact) mass is 310 g/mol. The molecule has 6 nitrogen and oxygen atoms in total. The number of aromatic nitrogens is 3. The summed E-state index contributed by atoms with van der Waals surface area (Å²) in [6.07, 6.45) is 1.36. The van der Waals surface area contributed by atoms with Crippen LogP contribution in [0.25, 0.3) is 0 Å². The maximum absolute atomic E-state index is 11.9. The number of nitrogens with zero attached hydrogens (tertiary/aromatic N) is 2. The predicted molar refractivity (Wildman–Crippen MR) is 69.2 cm³/mol. The predicted octanol–water partition coefficient (Wildman–Crippen LogP) is 1.97. The van der Waals surface area contributed by atoms with Crippen LogP contribution in [-0.2, 0) is 11.3 Å². The Labute approximate surface area is 112 Å². The molecule has 0 unspecified atom stereocenters. The van der Waals surface area contributed by atoms with Crippen LogP contribution in [0, 0.1) is 0 Å². The number of halogens is 1. The summed E-state index contributed by atoms with van der Waals surface area (Å²) >= 11 is 3.42. The van der Waals surface area contributed by atoms with E-state index in [-0.39, 0.29) is 11.6 Å². The van der Waals surface area contributed by atoms with Crippen molar-refractivity contribution in [2.24, 2.45) is 0 Å². The van der Waals surface area contributed by atoms with Crippen LogP contribution < -0.4 is 5.32 Å². The molecule has 0 fully saturated rings. The van der Waals surface area contributed by atoms with Crippen LogP contribution in [0.15, 0.2) is 28.9 Å². The molecule has 0 spiro atoms. The van der Waals surface area contributed by atoms with Crippen LogP contribution in [0.5, 0.6) is 0 Å². The number of benzene rings is 1. The molecule has 0 saturated carbocycles. The summed E-state index contributed by atoms with van der Waals surface area (Å²) in [6, 6.07) is 5.53. The van der Waals surface area contributed by atoms with E-state index in [1.54, 1.807) is 13.2 Å². The van der Waals surface area contributed by atoms with Gasteiger partial charge in [-0.15, -0.1) is 0 Å². The second-order valence-corrected chi connectivity index (χ2v) is 4.36. The fourth-order valence-electron chi connectivity index (χ4n) is 1.46. The number of rotatable bonds is 4. The number of aromatic amines is 1. The molecule has 0 aliphatic rings. The zero-order valence-corrected chi connectivity index (χ0v) is 11.2. The zero-order chi connectivity index (χ0) is 13.0. The lowest BCUT2D eigenvalue weighted by Gasteiger charge is -2.11. The Morgan fingerprint density at radius 1 is 1.56 bits per heavy atom. The van der Waals surface area contributed by atoms with Crippen molar-refractivity contribution in [2.75, 3.05) is 12.4 Å². The molecule has 1 aromatic carbocycles. The lowest BCUT2D eigenvalue weighted by molar-refractivity contribution is 0.102. The minimum atomic E-state index is -0.320. The molecule has 1 heterocycles. The van der Waals surface area contributed by atoms with Crippen molar-refractivity contribution < 1.29 is 9.53 Å². The summed E-state index contributed by atoms with van der Waals surface area (Å²) in [5.41, 5.74) is 1.79. The van der Waals surface area contributed by atoms with Crippen LogP contribution in [0.1, 0.15) is 16.1 Å². The summed E-state index contributed by atoms with van der Waals surface area (Å²) in [6.45, 7) is 0.399. The van der Waals surface area contributed by atoms with E-state index in [0.717, 1.165) is 10.0 Å². The van der Waals surface area contributed by atoms with Crippen LogP contribution >= 0.6 is 15.9 Å². The van der Waals surface area contributed by atoms with Crippen LogP contribution in [0.2, 0.25) is 0 Å². The third-order valence-corrected chi connectivity index (χ3v) is 3.05. The number of methoxy groups -OCH3 is 1. The molecule has 18 heavy (non-hydrogen) atoms. The molecule has 2 rings (SSSR count). The maximum Gasteiger partial charge on any atom is 0.277 e. The Hall–Kier alpha value is -1.73. The minimum absolute atomic E-state index is 0.235. The quantitative estimate of drug-likeness (QED) is 0.904. The number of H-pyrrole nitrogens is 1. The summed E-state index contributed by atoms with van der Waals surface area (Å²) in [5, 5.41) is 12.5. The molecule has 0 aliphatic heterocycles. The first-order chi connectivity index (χ1) is 8.72. The van der Waals surface area contributed by atoms with Crippen LogP contribution in [0.4, 0.5) is 5.69 Å². The molecule has 0 bridgehead atoms. The van der Waals surface area contributed by atoms with Gasteiger partial charge in [-0.2, -0.15) is 15.4 Å². The Bertz CT molecular complexity index is 542. The van der Waals surface area contributed by atoms with E-state index in [1.165, 1.54) is 6.20 Å². The van der Waals surface area contributed by atoms with E-state index in [4.69, 9.17) is 4.74 Å². The summed E-state index contributed by atoms with van der Waals surface area (Å²) in [7, 11) is 1.60. The van der Waals surface area contributed by atoms with Crippen molar-refractivity contribution in [3.8, 4) is 0 Å². The van der Waals surface area contributed by atoms with Gasteiger partial charge in [0.05, 0.1) is 12.8 Å². The van der Waals surface area contributed by atoms with Gasteiger partial charge in [0, 0.05) is 22.8 Å². The van der Waals surface area contributed by atoms with Crippen LogP contribution in [-0.4, -0.2) is 28.4 Å². The smallest absolute Gasteiger partial charge is 0.277 e. The highest BCUT2D eigenvalue weighted by Gasteiger charge is 2.12. The van der Waals surface area contributed by atoms with Gasteiger partial charge in [-0.05, 0) is 12.1 Å². The van der Waals surface area contributed by atoms with E-state index in [9.17, 15) is 4.79 Å². The first-order valence-electron chi connectivity index (χ1n) is 5.16. The number of hydrogen-bond donors (Lipinski definition) is 2. The third-order valence-electron chi connectivity index (χ3n) is 2.30. The van der Waals surface area contributed by atoms with E-state index in [2.05, 4.69) is 36.7 Å². The molecular formula is C11H11BrN4O2. The van der Waals surface area contributed by atoms with Gasteiger partial charge in [-0.3, -0.25) is 4.79 Å². The average molecular weight is 311 g/mol. The lowest BCUT2D eigenvalue weighted by atomic mass is 10.2. The van der Waals surface area contributed by atoms with Gasteiger partial charge in [0.2, 0.25) is 0 Å². The highest BCUT2D eigenvalue weighted by atomic mass is 79.9. The second kappa shape index (κ2) is 5.74. The SMILES string of the molecule is COCc1c(Br)cccc1NC(=O)c1cn[nH]n1. The van der Waals surface area contributed by atoms with Crippen molar-refractivity contribution in [1.82, 2.24) is 15.4 Å². The average Bonchev–Trinajstić information content (AvgIpc) is 2.87. The molecule has 0 atom stereocenters. The minimum Gasteiger partial charge on any atom is -0.380 e. The number of anilines is 1. The van der Waals surface area contributed by atoms with Crippen molar-refractivity contribution in [3.63, 3.8) is 0 Å². The molecule has 0 radical (unpaired) electrons. The number of ether oxygens (including phenoxy) is 1. The number of carbonyl (C=O) groups excluding carboxylic acids is 1. The van der Waals surface area contributed by atoms with Gasteiger partial charge in [0.15, 0.2) is 5.69 Å². The maximum atomic E-state index is 11.9. The van der Waals surface area contributed by atoms with Gasteiger partial charge in [-0.1, -0.05) is 22.0 Å². The number of carbonyl (C=O) groups is 1. The standard InChI is InChI=1S/C11H11BrN4O2/c1-18-6-7-8(12)3-2-4-9(7)14-11(17)10-5-13-16-15-10/h2-5H,6H2,1H3,(H,14,17)(H,13,15,16). The van der Waals surface area contributed by atoms with E-state index in [1.807, 2.05) is 12.1 Å². The summed E-state index contributed by atoms with van der Waals surface area (Å²) < 4.78 is 5.98. The molecule has 1 aromatic heterocycles. The van der Waals surface area contributed by atoms with E-state index >= 15 is 0 Å². The first-order valence-corrected chi connectivity index (χ1v) is 5.95. The fraction of sp³-hybridized carbons (Fsp3) is 0.182. The first kappa shape index (κ1) is 12.7. The van der Waals surface area contributed by atoms with Crippen molar-refractivity contribution in [1.29, 1.82) is 0 Å². The summed E-state index contributed by atoms with van der Waals surface area (Å²) in [4.78, 5) is 11.9. The van der Waals surface area contributed by atoms with Gasteiger partial charge >= 0.3 is 0 Å². The van der Waals surface area contributed by atoms with E-state index in [0.29, 0.717) is 12.3 Å².